The number of aromatic nitrogens is 2. The Labute approximate surface area is 99.3 Å². The number of halogens is 4. The summed E-state index contributed by atoms with van der Waals surface area (Å²) in [6.45, 7) is 0. The summed E-state index contributed by atoms with van der Waals surface area (Å²) in [6, 6.07) is 2.30. The number of nitrogens with zero attached hydrogens (tertiary/aromatic N) is 2. The standard InChI is InChI=1S/C11H8F4N2O/c1-17-5-9(18)16-10(17)7-3-2-6(12)4-8(7)11(13,14)15/h2-5,18H,1H3. The van der Waals surface area contributed by atoms with Crippen LogP contribution in [0.1, 0.15) is 5.56 Å². The molecule has 0 unspecified atom stereocenters. The maximum Gasteiger partial charge on any atom is 0.417 e. The Morgan fingerprint density at radius 3 is 2.44 bits per heavy atom. The Kier molecular flexibility index (Phi) is 2.76. The van der Waals surface area contributed by atoms with Crippen LogP contribution >= 0.6 is 0 Å². The van der Waals surface area contributed by atoms with Gasteiger partial charge in [-0.3, -0.25) is 0 Å². The van der Waals surface area contributed by atoms with Crippen LogP contribution in [0.2, 0.25) is 0 Å². The highest BCUT2D eigenvalue weighted by atomic mass is 19.4. The highest BCUT2D eigenvalue weighted by Gasteiger charge is 2.35. The van der Waals surface area contributed by atoms with Crippen molar-refractivity contribution in [2.24, 2.45) is 7.05 Å². The number of imidazole rings is 1. The van der Waals surface area contributed by atoms with Gasteiger partial charge in [-0.25, -0.2) is 4.39 Å². The monoisotopic (exact) mass is 260 g/mol. The van der Waals surface area contributed by atoms with E-state index in [1.165, 1.54) is 17.8 Å². The van der Waals surface area contributed by atoms with E-state index >= 15 is 0 Å². The molecule has 0 saturated carbocycles. The third-order valence-electron chi connectivity index (χ3n) is 2.39. The normalized spacial score (nSPS) is 11.8. The van der Waals surface area contributed by atoms with Gasteiger partial charge in [-0.15, -0.1) is 0 Å². The molecule has 0 radical (unpaired) electrons. The highest BCUT2D eigenvalue weighted by Crippen LogP contribution is 2.37. The lowest BCUT2D eigenvalue weighted by molar-refractivity contribution is -0.137. The van der Waals surface area contributed by atoms with Crippen molar-refractivity contribution in [2.75, 3.05) is 0 Å². The van der Waals surface area contributed by atoms with Crippen LogP contribution in [-0.2, 0) is 13.2 Å². The number of hydrogen-bond acceptors (Lipinski definition) is 2. The summed E-state index contributed by atoms with van der Waals surface area (Å²) in [5.41, 5.74) is -1.41. The molecule has 18 heavy (non-hydrogen) atoms. The van der Waals surface area contributed by atoms with Gasteiger partial charge in [0, 0.05) is 12.6 Å². The molecule has 1 aromatic carbocycles. The van der Waals surface area contributed by atoms with Crippen molar-refractivity contribution in [1.29, 1.82) is 0 Å². The molecular weight excluding hydrogens is 252 g/mol. The first-order valence-electron chi connectivity index (χ1n) is 4.88. The Bertz CT molecular complexity index is 589. The molecule has 0 atom stereocenters. The van der Waals surface area contributed by atoms with Crippen LogP contribution in [-0.4, -0.2) is 14.7 Å². The van der Waals surface area contributed by atoms with Crippen molar-refractivity contribution >= 4 is 0 Å². The molecule has 7 heteroatoms. The molecule has 2 rings (SSSR count). The number of alkyl halides is 3. The zero-order chi connectivity index (χ0) is 13.5. The summed E-state index contributed by atoms with van der Waals surface area (Å²) in [5, 5.41) is 9.16. The van der Waals surface area contributed by atoms with Crippen LogP contribution in [0.4, 0.5) is 17.6 Å². The maximum absolute atomic E-state index is 12.9. The van der Waals surface area contributed by atoms with Gasteiger partial charge in [0.15, 0.2) is 0 Å². The molecule has 96 valence electrons. The fourth-order valence-electron chi connectivity index (χ4n) is 1.65. The average molecular weight is 260 g/mol. The molecule has 2 aromatic rings. The molecule has 1 heterocycles. The molecular formula is C11H8F4N2O. The number of rotatable bonds is 1. The van der Waals surface area contributed by atoms with E-state index in [4.69, 9.17) is 5.11 Å². The lowest BCUT2D eigenvalue weighted by Crippen LogP contribution is -2.09. The van der Waals surface area contributed by atoms with Gasteiger partial charge < -0.3 is 9.67 Å². The van der Waals surface area contributed by atoms with E-state index in [0.717, 1.165) is 12.1 Å². The first-order valence-corrected chi connectivity index (χ1v) is 4.88. The van der Waals surface area contributed by atoms with Gasteiger partial charge in [0.2, 0.25) is 5.88 Å². The second-order valence-corrected chi connectivity index (χ2v) is 3.72. The summed E-state index contributed by atoms with van der Waals surface area (Å²) in [5.74, 6) is -1.46. The molecule has 0 saturated heterocycles. The Balaban J connectivity index is 2.68. The summed E-state index contributed by atoms with van der Waals surface area (Å²) >= 11 is 0. The number of aromatic hydroxyl groups is 1. The smallest absolute Gasteiger partial charge is 0.417 e. The van der Waals surface area contributed by atoms with E-state index < -0.39 is 23.4 Å². The molecule has 0 aliphatic carbocycles. The van der Waals surface area contributed by atoms with Crippen LogP contribution in [0.3, 0.4) is 0 Å². The largest absolute Gasteiger partial charge is 0.492 e. The fraction of sp³-hybridized carbons (Fsp3) is 0.182. The number of aryl methyl sites for hydroxylation is 1. The third-order valence-corrected chi connectivity index (χ3v) is 2.39. The number of benzene rings is 1. The predicted octanol–water partition coefficient (Wildman–Crippen LogP) is 2.95. The predicted molar refractivity (Wildman–Crippen MR) is 55.3 cm³/mol. The fourth-order valence-corrected chi connectivity index (χ4v) is 1.65. The zero-order valence-corrected chi connectivity index (χ0v) is 9.16. The van der Waals surface area contributed by atoms with Crippen LogP contribution in [0, 0.1) is 5.82 Å². The molecule has 3 nitrogen and oxygen atoms in total. The van der Waals surface area contributed by atoms with E-state index in [2.05, 4.69) is 4.98 Å². The summed E-state index contributed by atoms with van der Waals surface area (Å²) in [7, 11) is 1.44. The second-order valence-electron chi connectivity index (χ2n) is 3.72. The lowest BCUT2D eigenvalue weighted by atomic mass is 10.1. The van der Waals surface area contributed by atoms with Crippen LogP contribution in [0.25, 0.3) is 11.4 Å². The Hall–Kier alpha value is -2.05. The van der Waals surface area contributed by atoms with E-state index in [-0.39, 0.29) is 11.4 Å². The van der Waals surface area contributed by atoms with Gasteiger partial charge in [0.25, 0.3) is 0 Å². The maximum atomic E-state index is 12.9. The van der Waals surface area contributed by atoms with E-state index in [1.54, 1.807) is 0 Å². The van der Waals surface area contributed by atoms with Crippen molar-refractivity contribution < 1.29 is 22.7 Å². The van der Waals surface area contributed by atoms with Gasteiger partial charge in [-0.1, -0.05) is 0 Å². The van der Waals surface area contributed by atoms with Gasteiger partial charge >= 0.3 is 6.18 Å². The molecule has 0 fully saturated rings. The summed E-state index contributed by atoms with van der Waals surface area (Å²) < 4.78 is 52.5. The van der Waals surface area contributed by atoms with Gasteiger partial charge in [-0.05, 0) is 18.2 Å². The van der Waals surface area contributed by atoms with Crippen molar-refractivity contribution in [3.63, 3.8) is 0 Å². The lowest BCUT2D eigenvalue weighted by Gasteiger charge is -2.12. The van der Waals surface area contributed by atoms with Gasteiger partial charge in [0.1, 0.15) is 11.6 Å². The van der Waals surface area contributed by atoms with Crippen LogP contribution in [0.5, 0.6) is 5.88 Å². The first-order chi connectivity index (χ1) is 8.29. The summed E-state index contributed by atoms with van der Waals surface area (Å²) in [4.78, 5) is 3.58. The number of hydrogen-bond donors (Lipinski definition) is 1. The third kappa shape index (κ3) is 2.15. The summed E-state index contributed by atoms with van der Waals surface area (Å²) in [6.07, 6.45) is -3.53. The molecule has 0 spiro atoms. The van der Waals surface area contributed by atoms with Crippen molar-refractivity contribution in [3.05, 3.63) is 35.8 Å². The average Bonchev–Trinajstić information content (AvgIpc) is 2.56. The highest BCUT2D eigenvalue weighted by molar-refractivity contribution is 5.62. The molecule has 0 aliphatic heterocycles. The van der Waals surface area contributed by atoms with Crippen molar-refractivity contribution in [2.45, 2.75) is 6.18 Å². The second kappa shape index (κ2) is 4.01. The Morgan fingerprint density at radius 1 is 1.28 bits per heavy atom. The minimum absolute atomic E-state index is 0.0835. The van der Waals surface area contributed by atoms with Crippen LogP contribution in [0.15, 0.2) is 24.4 Å². The van der Waals surface area contributed by atoms with E-state index in [1.807, 2.05) is 0 Å². The molecule has 1 N–H and O–H groups in total. The van der Waals surface area contributed by atoms with Crippen molar-refractivity contribution in [3.8, 4) is 17.3 Å². The molecule has 0 bridgehead atoms. The zero-order valence-electron chi connectivity index (χ0n) is 9.16. The molecule has 0 aliphatic rings. The molecule has 0 amide bonds. The van der Waals surface area contributed by atoms with Crippen LogP contribution < -0.4 is 0 Å². The topological polar surface area (TPSA) is 38.0 Å². The Morgan fingerprint density at radius 2 is 1.94 bits per heavy atom. The van der Waals surface area contributed by atoms with Gasteiger partial charge in [-0.2, -0.15) is 18.2 Å². The quantitative estimate of drug-likeness (QED) is 0.800. The van der Waals surface area contributed by atoms with Crippen molar-refractivity contribution in [1.82, 2.24) is 9.55 Å². The molecule has 1 aromatic heterocycles. The van der Waals surface area contributed by atoms with E-state index in [9.17, 15) is 17.6 Å². The first kappa shape index (κ1) is 12.4. The van der Waals surface area contributed by atoms with Gasteiger partial charge in [0.05, 0.1) is 11.8 Å². The van der Waals surface area contributed by atoms with E-state index in [0.29, 0.717) is 6.07 Å². The minimum atomic E-state index is -4.70. The minimum Gasteiger partial charge on any atom is -0.492 e. The SMILES string of the molecule is Cn1cc(O)nc1-c1ccc(F)cc1C(F)(F)F.